The first-order valence-corrected chi connectivity index (χ1v) is 33.6. The summed E-state index contributed by atoms with van der Waals surface area (Å²) in [6.07, 6.45) is 2.59. The average molecular weight is 1470 g/mol. The molecule has 4 N–H and O–H groups in total. The van der Waals surface area contributed by atoms with E-state index >= 15 is 4.39 Å². The third kappa shape index (κ3) is 17.0. The van der Waals surface area contributed by atoms with Crippen LogP contribution in [0.5, 0.6) is 23.0 Å². The van der Waals surface area contributed by atoms with Crippen LogP contribution >= 0.6 is 0 Å². The smallest absolute Gasteiger partial charge is 0.265 e. The fraction of sp³-hybridized carbons (Fsp3) is 0.425. The van der Waals surface area contributed by atoms with Crippen molar-refractivity contribution in [1.29, 1.82) is 0 Å². The summed E-state index contributed by atoms with van der Waals surface area (Å²) in [5.41, 5.74) is 15.4. The zero-order valence-electron chi connectivity index (χ0n) is 63.2. The van der Waals surface area contributed by atoms with E-state index in [1.54, 1.807) is 6.07 Å². The minimum absolute atomic E-state index is 0. The van der Waals surface area contributed by atoms with Crippen molar-refractivity contribution in [2.24, 2.45) is 10.8 Å². The number of hydrogen-bond acceptors (Lipinski definition) is 2. The predicted molar refractivity (Wildman–Crippen MR) is 406 cm³/mol. The van der Waals surface area contributed by atoms with Crippen molar-refractivity contribution in [3.63, 3.8) is 0 Å². The number of aromatic hydroxyl groups is 4. The predicted octanol–water partition coefficient (Wildman–Crippen LogP) is 24.6. The van der Waals surface area contributed by atoms with E-state index in [1.807, 2.05) is 19.9 Å². The molecule has 10 aromatic rings. The third-order valence-corrected chi connectivity index (χ3v) is 18.6. The van der Waals surface area contributed by atoms with Gasteiger partial charge in [0.05, 0.1) is 39.0 Å². The summed E-state index contributed by atoms with van der Waals surface area (Å²) in [7, 11) is 0. The molecule has 0 aliphatic heterocycles. The molecule has 96 heavy (non-hydrogen) atoms. The molecule has 0 aliphatic carbocycles. The fourth-order valence-corrected chi connectivity index (χ4v) is 14.2. The van der Waals surface area contributed by atoms with E-state index in [0.29, 0.717) is 53.5 Å². The summed E-state index contributed by atoms with van der Waals surface area (Å²) < 4.78 is 43.5. The van der Waals surface area contributed by atoms with Crippen LogP contribution in [0.3, 0.4) is 0 Å². The molecule has 0 aliphatic rings. The zero-order chi connectivity index (χ0) is 68.7. The number of aryl methyl sites for hydroxylation is 2. The maximum atomic E-state index is 15.6. The van der Waals surface area contributed by atoms with Crippen LogP contribution in [-0.2, 0) is 58.3 Å². The van der Waals surface area contributed by atoms with Crippen molar-refractivity contribution < 1.29 is 54.3 Å². The molecule has 0 fully saturated rings. The SMILES string of the molecule is CC(C)(C)CC(C)(C)c1ccc(O)c(-n2c3cc(C(C)(C)C)ccc3c3ccc(C(C)(C)C)cc32)c1.Cc1cc(F)ccc1[OH+]CCC[OH+]c1c(C)cc(F)cc1-c1cc(C(C)(C)CC(C)(C)C)cc(-n2c3cc(C(C)(C)C)ccc3c3ccc(C(C)(C)C)cc32)c1O.[CH3-].[CH3-].[Hf]. The van der Waals surface area contributed by atoms with Gasteiger partial charge in [-0.3, -0.25) is 0 Å². The van der Waals surface area contributed by atoms with E-state index in [-0.39, 0.29) is 101 Å². The van der Waals surface area contributed by atoms with Gasteiger partial charge in [0.1, 0.15) is 29.6 Å². The first-order chi connectivity index (χ1) is 42.8. The van der Waals surface area contributed by atoms with E-state index in [0.717, 1.165) is 68.2 Å². The molecule has 8 aromatic carbocycles. The van der Waals surface area contributed by atoms with Crippen LogP contribution in [0.15, 0.2) is 133 Å². The second kappa shape index (κ2) is 28.3. The first kappa shape index (κ1) is 78.3. The first-order valence-electron chi connectivity index (χ1n) is 33.6. The maximum absolute atomic E-state index is 15.6. The summed E-state index contributed by atoms with van der Waals surface area (Å²) in [6, 6.07) is 45.1. The van der Waals surface area contributed by atoms with Crippen LogP contribution < -0.4 is 0 Å². The van der Waals surface area contributed by atoms with Crippen molar-refractivity contribution in [3.05, 3.63) is 204 Å². The molecular weight excluding hydrogens is 1350 g/mol. The van der Waals surface area contributed by atoms with Crippen molar-refractivity contribution in [3.8, 4) is 45.5 Å². The summed E-state index contributed by atoms with van der Waals surface area (Å²) in [5.74, 6) is 1.14. The molecule has 6 nitrogen and oxygen atoms in total. The van der Waals surface area contributed by atoms with Crippen LogP contribution in [0.4, 0.5) is 8.78 Å². The van der Waals surface area contributed by atoms with Gasteiger partial charge >= 0.3 is 0 Å². The Labute approximate surface area is 595 Å². The largest absolute Gasteiger partial charge is 0.582 e. The van der Waals surface area contributed by atoms with Crippen molar-refractivity contribution in [2.75, 3.05) is 13.2 Å². The normalized spacial score (nSPS) is 12.7. The van der Waals surface area contributed by atoms with Crippen LogP contribution in [0.2, 0.25) is 0 Å². The van der Waals surface area contributed by atoms with Crippen LogP contribution in [0, 0.1) is 51.2 Å². The standard InChI is InChI=1S/C51H61F2NO3.C34H45NO.2CH3.Hf/c1-31-23-36(52)17-20-45(31)56-21-14-22-57-47-32(2)24-37(53)29-41(47)40-25-35(51(12,13)30-48(3,4)5)28-44(46(40)55)54-42-26-33(49(6,7)8)15-18-38(42)39-19-16-34(27-43(39)54)50(9,10)11;1-31(2,3)21-34(10,11)24-14-17-30(36)29(20-24)35-27-18-22(32(4,5)6)12-15-25(27)26-16-13-23(19-28(26)35)33(7,8)9;;;/h15-20,23-29,55H,14,21-22,30H2,1-13H3;12-20,36H,21H2,1-11H3;2*1H3;/q;;2*-1;/p+2. The van der Waals surface area contributed by atoms with Gasteiger partial charge in [-0.15, -0.1) is 0 Å². The van der Waals surface area contributed by atoms with Gasteiger partial charge in [-0.25, -0.2) is 8.78 Å². The molecule has 10 rings (SSSR count). The van der Waals surface area contributed by atoms with Crippen molar-refractivity contribution >= 4 is 43.6 Å². The number of benzene rings is 8. The van der Waals surface area contributed by atoms with Crippen LogP contribution in [0.25, 0.3) is 66.1 Å². The van der Waals surface area contributed by atoms with E-state index in [9.17, 15) is 14.6 Å². The number of aromatic nitrogens is 2. The average Bonchev–Trinajstić information content (AvgIpc) is 1.62. The Balaban J connectivity index is 0.000000323. The second-order valence-corrected chi connectivity index (χ2v) is 34.6. The number of rotatable bonds is 13. The second-order valence-electron chi connectivity index (χ2n) is 34.6. The van der Waals surface area contributed by atoms with Gasteiger partial charge in [0.2, 0.25) is 0 Å². The van der Waals surface area contributed by atoms with E-state index in [4.69, 9.17) is 4.74 Å². The summed E-state index contributed by atoms with van der Waals surface area (Å²) in [6.45, 7) is 54.3. The van der Waals surface area contributed by atoms with Crippen LogP contribution in [0.1, 0.15) is 216 Å². The third-order valence-electron chi connectivity index (χ3n) is 18.6. The van der Waals surface area contributed by atoms with E-state index in [1.165, 1.54) is 62.9 Å². The number of ether oxygens (including phenoxy) is 2. The van der Waals surface area contributed by atoms with Gasteiger partial charge < -0.3 is 43.7 Å². The van der Waals surface area contributed by atoms with Crippen molar-refractivity contribution in [1.82, 2.24) is 9.13 Å². The summed E-state index contributed by atoms with van der Waals surface area (Å²) >= 11 is 0. The molecule has 0 atom stereocenters. The molecule has 0 saturated heterocycles. The molecular formula is C87H114F2HfN2O4. The quantitative estimate of drug-likeness (QED) is 0.0522. The molecule has 0 spiro atoms. The number of nitrogens with zero attached hydrogens (tertiary/aromatic N) is 2. The summed E-state index contributed by atoms with van der Waals surface area (Å²) in [5, 5.41) is 28.7. The number of phenols is 2. The van der Waals surface area contributed by atoms with Crippen LogP contribution in [-0.4, -0.2) is 42.0 Å². The maximum Gasteiger partial charge on any atom is 0.265 e. The number of fused-ring (bicyclic) bond motifs is 6. The van der Waals surface area contributed by atoms with Gasteiger partial charge in [-0.1, -0.05) is 207 Å². The molecule has 0 radical (unpaired) electrons. The van der Waals surface area contributed by atoms with Gasteiger partial charge in [0.15, 0.2) is 13.2 Å². The van der Waals surface area contributed by atoms with E-state index in [2.05, 4.69) is 263 Å². The number of halogens is 2. The number of hydrogen-bond donors (Lipinski definition) is 2. The molecule has 514 valence electrons. The Kier molecular flexibility index (Phi) is 23.0. The number of phenolic OH excluding ortho intramolecular Hbond substituents is 2. The Morgan fingerprint density at radius 3 is 1.16 bits per heavy atom. The number of aliphatic hydroxyl groups is 2. The Bertz CT molecular complexity index is 4300. The van der Waals surface area contributed by atoms with Gasteiger partial charge in [-0.05, 0) is 176 Å². The van der Waals surface area contributed by atoms with E-state index < -0.39 is 0 Å². The minimum atomic E-state index is -0.384. The van der Waals surface area contributed by atoms with Crippen molar-refractivity contribution in [2.45, 2.75) is 218 Å². The molecule has 0 saturated carbocycles. The Morgan fingerprint density at radius 2 is 0.750 bits per heavy atom. The van der Waals surface area contributed by atoms with Gasteiger partial charge in [0.25, 0.3) is 11.5 Å². The zero-order valence-corrected chi connectivity index (χ0v) is 66.8. The monoisotopic (exact) mass is 1470 g/mol. The molecule has 9 heteroatoms. The van der Waals surface area contributed by atoms with Gasteiger partial charge in [-0.2, -0.15) is 0 Å². The molecule has 2 heterocycles. The molecule has 0 bridgehead atoms. The Morgan fingerprint density at radius 1 is 0.375 bits per heavy atom. The topological polar surface area (TPSA) is 75.9 Å². The van der Waals surface area contributed by atoms with Gasteiger partial charge in [0, 0.05) is 70.1 Å². The minimum Gasteiger partial charge on any atom is -0.582 e. The summed E-state index contributed by atoms with van der Waals surface area (Å²) in [4.78, 5) is 0. The molecule has 0 amide bonds. The fourth-order valence-electron chi connectivity index (χ4n) is 14.2. The molecule has 2 aromatic heterocycles. The molecule has 0 unspecified atom stereocenters. The Hall–Kier alpha value is -6.71.